The van der Waals surface area contributed by atoms with Crippen LogP contribution in [0.1, 0.15) is 6.92 Å². The van der Waals surface area contributed by atoms with Crippen LogP contribution in [0.15, 0.2) is 84.4 Å². The highest BCUT2D eigenvalue weighted by Crippen LogP contribution is 2.28. The van der Waals surface area contributed by atoms with Crippen molar-refractivity contribution in [3.8, 4) is 11.5 Å². The van der Waals surface area contributed by atoms with Crippen LogP contribution in [0.5, 0.6) is 11.5 Å². The lowest BCUT2D eigenvalue weighted by molar-refractivity contribution is -0.0798. The van der Waals surface area contributed by atoms with Crippen molar-refractivity contribution >= 4 is 22.8 Å². The molecule has 3 rings (SSSR count). The number of nitrogens with zero attached hydrogens (tertiary/aromatic N) is 1. The molecule has 2 aromatic heterocycles. The van der Waals surface area contributed by atoms with Gasteiger partial charge in [-0.05, 0) is 61.0 Å². The first-order chi connectivity index (χ1) is 15.7. The number of H-pyrrole nitrogens is 1. The molecule has 33 heavy (non-hydrogen) atoms. The Hall–Kier alpha value is -4.08. The molecule has 0 aliphatic carbocycles. The number of amides is 2. The van der Waals surface area contributed by atoms with Crippen molar-refractivity contribution in [3.05, 3.63) is 84.4 Å². The molecule has 0 spiro atoms. The van der Waals surface area contributed by atoms with Gasteiger partial charge < -0.3 is 20.4 Å². The van der Waals surface area contributed by atoms with E-state index >= 15 is 0 Å². The van der Waals surface area contributed by atoms with E-state index in [-0.39, 0.29) is 17.3 Å². The molecule has 1 aromatic carbocycles. The standard InChI is InChI=1S/C23H20F4N4O2/c1-15(14-24)2-3-17(8-11-23(25,26)27)31-22(32)30-16-4-6-18(7-5-16)33-20-10-13-29-21-19(20)9-12-28-21/h2-13H,14H2,1H3,(H,28,29)(H2,30,31,32)/b11-8+,15-2+,17-3+. The van der Waals surface area contributed by atoms with Gasteiger partial charge in [0.2, 0.25) is 0 Å². The summed E-state index contributed by atoms with van der Waals surface area (Å²) in [6.07, 6.45) is 1.92. The highest BCUT2D eigenvalue weighted by Gasteiger charge is 2.22. The van der Waals surface area contributed by atoms with E-state index < -0.39 is 18.9 Å². The molecule has 3 N–H and O–H groups in total. The van der Waals surface area contributed by atoms with Crippen LogP contribution >= 0.6 is 0 Å². The number of nitrogens with one attached hydrogen (secondary N) is 3. The summed E-state index contributed by atoms with van der Waals surface area (Å²) in [5.41, 5.74) is 1.20. The summed E-state index contributed by atoms with van der Waals surface area (Å²) < 4.78 is 55.9. The smallest absolute Gasteiger partial charge is 0.409 e. The number of alkyl halides is 4. The van der Waals surface area contributed by atoms with Gasteiger partial charge in [-0.2, -0.15) is 13.2 Å². The maximum atomic E-state index is 12.6. The lowest BCUT2D eigenvalue weighted by Crippen LogP contribution is -2.27. The maximum absolute atomic E-state index is 12.6. The molecule has 0 aliphatic rings. The molecular weight excluding hydrogens is 440 g/mol. The summed E-state index contributed by atoms with van der Waals surface area (Å²) in [6.45, 7) is 0.709. The third-order valence-electron chi connectivity index (χ3n) is 4.23. The molecule has 0 saturated heterocycles. The fourth-order valence-electron chi connectivity index (χ4n) is 2.65. The van der Waals surface area contributed by atoms with Crippen LogP contribution in [-0.2, 0) is 0 Å². The van der Waals surface area contributed by atoms with Crippen LogP contribution in [-0.4, -0.2) is 28.8 Å². The number of fused-ring (bicyclic) bond motifs is 1. The first-order valence-electron chi connectivity index (χ1n) is 9.71. The van der Waals surface area contributed by atoms with E-state index in [0.717, 1.165) is 5.39 Å². The van der Waals surface area contributed by atoms with Gasteiger partial charge in [-0.25, -0.2) is 14.2 Å². The number of aromatic amines is 1. The minimum atomic E-state index is -4.56. The molecule has 0 saturated carbocycles. The van der Waals surface area contributed by atoms with Gasteiger partial charge in [0.15, 0.2) is 0 Å². The van der Waals surface area contributed by atoms with E-state index in [4.69, 9.17) is 4.74 Å². The zero-order valence-corrected chi connectivity index (χ0v) is 17.4. The fourth-order valence-corrected chi connectivity index (χ4v) is 2.65. The summed E-state index contributed by atoms with van der Waals surface area (Å²) in [7, 11) is 0. The molecule has 2 heterocycles. The summed E-state index contributed by atoms with van der Waals surface area (Å²) in [5, 5.41) is 5.63. The molecule has 0 bridgehead atoms. The Bertz CT molecular complexity index is 1200. The number of hydrogen-bond acceptors (Lipinski definition) is 3. The first-order valence-corrected chi connectivity index (χ1v) is 9.71. The Labute approximate surface area is 186 Å². The predicted octanol–water partition coefficient (Wildman–Crippen LogP) is 6.39. The molecule has 0 radical (unpaired) electrons. The molecule has 6 nitrogen and oxygen atoms in total. The lowest BCUT2D eigenvalue weighted by atomic mass is 10.2. The molecule has 0 atom stereocenters. The summed E-state index contributed by atoms with van der Waals surface area (Å²) in [5.74, 6) is 1.11. The van der Waals surface area contributed by atoms with Crippen LogP contribution < -0.4 is 15.4 Å². The van der Waals surface area contributed by atoms with Gasteiger partial charge in [-0.15, -0.1) is 0 Å². The highest BCUT2D eigenvalue weighted by molar-refractivity contribution is 5.90. The number of anilines is 1. The van der Waals surface area contributed by atoms with Gasteiger partial charge in [-0.1, -0.05) is 6.08 Å². The van der Waals surface area contributed by atoms with Crippen molar-refractivity contribution in [1.29, 1.82) is 0 Å². The molecule has 3 aromatic rings. The maximum Gasteiger partial charge on any atom is 0.409 e. The molecule has 0 aliphatic heterocycles. The van der Waals surface area contributed by atoms with Gasteiger partial charge in [0.25, 0.3) is 0 Å². The molecule has 0 fully saturated rings. The number of allylic oxidation sites excluding steroid dienone is 5. The number of halogens is 4. The molecule has 10 heteroatoms. The van der Waals surface area contributed by atoms with Gasteiger partial charge in [0.05, 0.1) is 5.39 Å². The Balaban J connectivity index is 1.66. The Morgan fingerprint density at radius 3 is 2.61 bits per heavy atom. The number of carbonyl (C=O) groups is 1. The summed E-state index contributed by atoms with van der Waals surface area (Å²) >= 11 is 0. The number of aromatic nitrogens is 2. The second-order valence-electron chi connectivity index (χ2n) is 6.90. The van der Waals surface area contributed by atoms with E-state index in [1.54, 1.807) is 42.7 Å². The average Bonchev–Trinajstić information content (AvgIpc) is 3.26. The molecule has 2 amide bonds. The van der Waals surface area contributed by atoms with Gasteiger partial charge >= 0.3 is 12.2 Å². The van der Waals surface area contributed by atoms with E-state index in [0.29, 0.717) is 28.9 Å². The van der Waals surface area contributed by atoms with Gasteiger partial charge in [-0.3, -0.25) is 0 Å². The van der Waals surface area contributed by atoms with Crippen LogP contribution in [0.4, 0.5) is 28.0 Å². The first kappa shape index (κ1) is 23.6. The van der Waals surface area contributed by atoms with Crippen LogP contribution in [0.3, 0.4) is 0 Å². The Kier molecular flexibility index (Phi) is 7.50. The number of urea groups is 1. The average molecular weight is 460 g/mol. The Morgan fingerprint density at radius 2 is 1.91 bits per heavy atom. The number of carbonyl (C=O) groups excluding carboxylic acids is 1. The third-order valence-corrected chi connectivity index (χ3v) is 4.23. The van der Waals surface area contributed by atoms with Crippen LogP contribution in [0.25, 0.3) is 11.0 Å². The van der Waals surface area contributed by atoms with Crippen molar-refractivity contribution < 1.29 is 27.1 Å². The number of hydrogen-bond donors (Lipinski definition) is 3. The van der Waals surface area contributed by atoms with Crippen LogP contribution in [0.2, 0.25) is 0 Å². The van der Waals surface area contributed by atoms with Crippen LogP contribution in [0, 0.1) is 0 Å². The fraction of sp³-hybridized carbons (Fsp3) is 0.130. The minimum absolute atomic E-state index is 0.0234. The van der Waals surface area contributed by atoms with Crippen molar-refractivity contribution in [3.63, 3.8) is 0 Å². The van der Waals surface area contributed by atoms with Gasteiger partial charge in [0, 0.05) is 29.9 Å². The molecule has 172 valence electrons. The van der Waals surface area contributed by atoms with E-state index in [2.05, 4.69) is 20.6 Å². The zero-order chi connectivity index (χ0) is 23.8. The highest BCUT2D eigenvalue weighted by atomic mass is 19.4. The summed E-state index contributed by atoms with van der Waals surface area (Å²) in [4.78, 5) is 19.4. The second-order valence-corrected chi connectivity index (χ2v) is 6.90. The van der Waals surface area contributed by atoms with Crippen molar-refractivity contribution in [1.82, 2.24) is 15.3 Å². The molecular formula is C23H20F4N4O2. The topological polar surface area (TPSA) is 79.0 Å². The largest absolute Gasteiger partial charge is 0.457 e. The zero-order valence-electron chi connectivity index (χ0n) is 17.4. The minimum Gasteiger partial charge on any atom is -0.457 e. The number of rotatable bonds is 7. The SMILES string of the molecule is C\C(=C/C=C(\C=C\C(F)(F)F)NC(=O)Nc1ccc(Oc2ccnc3[nH]ccc23)cc1)CF. The predicted molar refractivity (Wildman–Crippen MR) is 118 cm³/mol. The van der Waals surface area contributed by atoms with Crippen molar-refractivity contribution in [2.45, 2.75) is 13.1 Å². The monoisotopic (exact) mass is 460 g/mol. The Morgan fingerprint density at radius 1 is 1.15 bits per heavy atom. The van der Waals surface area contributed by atoms with E-state index in [9.17, 15) is 22.4 Å². The normalized spacial score (nSPS) is 12.9. The van der Waals surface area contributed by atoms with E-state index in [1.165, 1.54) is 19.1 Å². The summed E-state index contributed by atoms with van der Waals surface area (Å²) in [6, 6.07) is 9.19. The van der Waals surface area contributed by atoms with Crippen molar-refractivity contribution in [2.24, 2.45) is 0 Å². The van der Waals surface area contributed by atoms with Gasteiger partial charge in [0.1, 0.15) is 23.8 Å². The quantitative estimate of drug-likeness (QED) is 0.282. The lowest BCUT2D eigenvalue weighted by Gasteiger charge is -2.10. The molecule has 0 unspecified atom stereocenters. The number of pyridine rings is 1. The van der Waals surface area contributed by atoms with E-state index in [1.807, 2.05) is 6.07 Å². The third kappa shape index (κ3) is 7.23. The van der Waals surface area contributed by atoms with Crippen molar-refractivity contribution in [2.75, 3.05) is 12.0 Å². The number of ether oxygens (including phenoxy) is 1. The second kappa shape index (κ2) is 10.5. The number of benzene rings is 1.